The van der Waals surface area contributed by atoms with Crippen molar-refractivity contribution in [1.29, 1.82) is 0 Å². The Labute approximate surface area is 135 Å². The van der Waals surface area contributed by atoms with Crippen LogP contribution in [0.15, 0.2) is 54.6 Å². The minimum absolute atomic E-state index is 0.145. The number of benzene rings is 2. The topological polar surface area (TPSA) is 47.6 Å². The van der Waals surface area contributed by atoms with Gasteiger partial charge in [0.25, 0.3) is 0 Å². The normalized spacial score (nSPS) is 16.3. The fraction of sp³-hybridized carbons (Fsp3) is 0.211. The first-order chi connectivity index (χ1) is 11.2. The van der Waals surface area contributed by atoms with Crippen LogP contribution in [-0.2, 0) is 4.79 Å². The minimum atomic E-state index is -0.179. The molecule has 2 aromatic carbocycles. The van der Waals surface area contributed by atoms with Crippen LogP contribution in [0.3, 0.4) is 0 Å². The molecule has 0 aromatic heterocycles. The van der Waals surface area contributed by atoms with E-state index in [0.29, 0.717) is 18.9 Å². The molecule has 1 amide bonds. The highest BCUT2D eigenvalue weighted by atomic mass is 16.6. The largest absolute Gasteiger partial charge is 0.486 e. The van der Waals surface area contributed by atoms with Gasteiger partial charge in [0.05, 0.1) is 6.54 Å². The van der Waals surface area contributed by atoms with E-state index < -0.39 is 0 Å². The van der Waals surface area contributed by atoms with Crippen molar-refractivity contribution in [3.8, 4) is 11.5 Å². The van der Waals surface area contributed by atoms with Crippen LogP contribution in [0, 0.1) is 6.92 Å². The SMILES string of the molecule is Cc1ccc(/C=C/C(=O)NC[C@@H]2COc3ccccc3O2)cc1. The summed E-state index contributed by atoms with van der Waals surface area (Å²) < 4.78 is 11.4. The van der Waals surface area contributed by atoms with Gasteiger partial charge in [-0.3, -0.25) is 4.79 Å². The molecule has 0 bridgehead atoms. The van der Waals surface area contributed by atoms with Crippen LogP contribution in [0.5, 0.6) is 11.5 Å². The smallest absolute Gasteiger partial charge is 0.244 e. The van der Waals surface area contributed by atoms with Crippen LogP contribution in [0.4, 0.5) is 0 Å². The molecule has 4 nitrogen and oxygen atoms in total. The standard InChI is InChI=1S/C19H19NO3/c1-14-6-8-15(9-7-14)10-11-19(21)20-12-16-13-22-17-4-2-3-5-18(17)23-16/h2-11,16H,12-13H2,1H3,(H,20,21)/b11-10+/t16-/m1/s1. The lowest BCUT2D eigenvalue weighted by atomic mass is 10.1. The molecular weight excluding hydrogens is 290 g/mol. The number of carbonyl (C=O) groups is 1. The molecule has 1 atom stereocenters. The van der Waals surface area contributed by atoms with Crippen LogP contribution in [0.1, 0.15) is 11.1 Å². The first-order valence-electron chi connectivity index (χ1n) is 7.62. The molecule has 0 fully saturated rings. The third kappa shape index (κ3) is 4.13. The van der Waals surface area contributed by atoms with Crippen molar-refractivity contribution >= 4 is 12.0 Å². The summed E-state index contributed by atoms with van der Waals surface area (Å²) in [7, 11) is 0. The quantitative estimate of drug-likeness (QED) is 0.883. The number of hydrogen-bond donors (Lipinski definition) is 1. The zero-order chi connectivity index (χ0) is 16.1. The van der Waals surface area contributed by atoms with Crippen molar-refractivity contribution in [3.05, 3.63) is 65.7 Å². The maximum absolute atomic E-state index is 11.9. The van der Waals surface area contributed by atoms with Crippen LogP contribution < -0.4 is 14.8 Å². The van der Waals surface area contributed by atoms with Gasteiger partial charge in [-0.15, -0.1) is 0 Å². The van der Waals surface area contributed by atoms with Crippen LogP contribution in [0.2, 0.25) is 0 Å². The second kappa shape index (κ2) is 7.01. The van der Waals surface area contributed by atoms with Crippen molar-refractivity contribution in [2.75, 3.05) is 13.2 Å². The Hall–Kier alpha value is -2.75. The maximum atomic E-state index is 11.9. The van der Waals surface area contributed by atoms with Gasteiger partial charge in [-0.2, -0.15) is 0 Å². The Morgan fingerprint density at radius 3 is 2.70 bits per heavy atom. The summed E-state index contributed by atoms with van der Waals surface area (Å²) in [6, 6.07) is 15.5. The lowest BCUT2D eigenvalue weighted by Gasteiger charge is -2.26. The molecule has 1 aliphatic heterocycles. The van der Waals surface area contributed by atoms with Gasteiger partial charge in [0.1, 0.15) is 12.7 Å². The van der Waals surface area contributed by atoms with E-state index in [2.05, 4.69) is 5.32 Å². The molecule has 1 N–H and O–H groups in total. The van der Waals surface area contributed by atoms with Gasteiger partial charge in [-0.05, 0) is 30.7 Å². The molecule has 1 aliphatic rings. The van der Waals surface area contributed by atoms with Crippen molar-refractivity contribution in [2.45, 2.75) is 13.0 Å². The first-order valence-corrected chi connectivity index (χ1v) is 7.62. The van der Waals surface area contributed by atoms with Crippen molar-refractivity contribution < 1.29 is 14.3 Å². The molecule has 23 heavy (non-hydrogen) atoms. The summed E-state index contributed by atoms with van der Waals surface area (Å²) in [4.78, 5) is 11.9. The zero-order valence-electron chi connectivity index (χ0n) is 13.0. The van der Waals surface area contributed by atoms with Crippen molar-refractivity contribution in [1.82, 2.24) is 5.32 Å². The Bertz CT molecular complexity index is 707. The molecule has 118 valence electrons. The number of nitrogens with one attached hydrogen (secondary N) is 1. The third-order valence-electron chi connectivity index (χ3n) is 3.58. The molecule has 0 unspecified atom stereocenters. The summed E-state index contributed by atoms with van der Waals surface area (Å²) in [5, 5.41) is 2.83. The van der Waals surface area contributed by atoms with Crippen LogP contribution in [0.25, 0.3) is 6.08 Å². The van der Waals surface area contributed by atoms with E-state index in [1.807, 2.05) is 55.5 Å². The molecule has 0 aliphatic carbocycles. The Morgan fingerprint density at radius 1 is 1.17 bits per heavy atom. The lowest BCUT2D eigenvalue weighted by Crippen LogP contribution is -2.40. The molecule has 0 saturated heterocycles. The fourth-order valence-electron chi connectivity index (χ4n) is 2.29. The van der Waals surface area contributed by atoms with Crippen LogP contribution >= 0.6 is 0 Å². The zero-order valence-corrected chi connectivity index (χ0v) is 13.0. The Morgan fingerprint density at radius 2 is 1.91 bits per heavy atom. The predicted molar refractivity (Wildman–Crippen MR) is 89.6 cm³/mol. The van der Waals surface area contributed by atoms with Gasteiger partial charge >= 0.3 is 0 Å². The molecule has 2 aromatic rings. The average molecular weight is 309 g/mol. The third-order valence-corrected chi connectivity index (χ3v) is 3.58. The van der Waals surface area contributed by atoms with E-state index >= 15 is 0 Å². The van der Waals surface area contributed by atoms with E-state index in [9.17, 15) is 4.79 Å². The van der Waals surface area contributed by atoms with Crippen molar-refractivity contribution in [2.24, 2.45) is 0 Å². The number of fused-ring (bicyclic) bond motifs is 1. The van der Waals surface area contributed by atoms with Crippen molar-refractivity contribution in [3.63, 3.8) is 0 Å². The van der Waals surface area contributed by atoms with Gasteiger partial charge in [-0.1, -0.05) is 42.0 Å². The number of amides is 1. The number of aryl methyl sites for hydroxylation is 1. The lowest BCUT2D eigenvalue weighted by molar-refractivity contribution is -0.116. The number of para-hydroxylation sites is 2. The van der Waals surface area contributed by atoms with Gasteiger partial charge in [0.15, 0.2) is 11.5 Å². The summed E-state index contributed by atoms with van der Waals surface area (Å²) in [5.41, 5.74) is 2.19. The highest BCUT2D eigenvalue weighted by molar-refractivity contribution is 5.91. The molecule has 4 heteroatoms. The molecular formula is C19H19NO3. The Balaban J connectivity index is 1.49. The number of carbonyl (C=O) groups excluding carboxylic acids is 1. The van der Waals surface area contributed by atoms with E-state index in [1.54, 1.807) is 6.08 Å². The number of ether oxygens (including phenoxy) is 2. The fourth-order valence-corrected chi connectivity index (χ4v) is 2.29. The van der Waals surface area contributed by atoms with E-state index in [4.69, 9.17) is 9.47 Å². The number of hydrogen-bond acceptors (Lipinski definition) is 3. The minimum Gasteiger partial charge on any atom is -0.486 e. The average Bonchev–Trinajstić information content (AvgIpc) is 2.59. The maximum Gasteiger partial charge on any atom is 0.244 e. The highest BCUT2D eigenvalue weighted by Gasteiger charge is 2.20. The van der Waals surface area contributed by atoms with E-state index in [1.165, 1.54) is 11.6 Å². The summed E-state index contributed by atoms with van der Waals surface area (Å²) in [6.45, 7) is 2.87. The van der Waals surface area contributed by atoms with Gasteiger partial charge < -0.3 is 14.8 Å². The van der Waals surface area contributed by atoms with E-state index in [0.717, 1.165) is 11.3 Å². The summed E-state index contributed by atoms with van der Waals surface area (Å²) in [5.74, 6) is 1.32. The molecule has 0 saturated carbocycles. The van der Waals surface area contributed by atoms with Gasteiger partial charge in [0.2, 0.25) is 5.91 Å². The molecule has 0 spiro atoms. The van der Waals surface area contributed by atoms with E-state index in [-0.39, 0.29) is 12.0 Å². The highest BCUT2D eigenvalue weighted by Crippen LogP contribution is 2.30. The second-order valence-corrected chi connectivity index (χ2v) is 5.49. The second-order valence-electron chi connectivity index (χ2n) is 5.49. The van der Waals surface area contributed by atoms with Gasteiger partial charge in [-0.25, -0.2) is 0 Å². The Kier molecular flexibility index (Phi) is 4.62. The first kappa shape index (κ1) is 15.2. The molecule has 3 rings (SSSR count). The molecule has 0 radical (unpaired) electrons. The van der Waals surface area contributed by atoms with Crippen LogP contribution in [-0.4, -0.2) is 25.2 Å². The monoisotopic (exact) mass is 309 g/mol. The predicted octanol–water partition coefficient (Wildman–Crippen LogP) is 2.96. The van der Waals surface area contributed by atoms with Gasteiger partial charge in [0, 0.05) is 6.08 Å². The number of rotatable bonds is 4. The summed E-state index contributed by atoms with van der Waals surface area (Å²) >= 11 is 0. The summed E-state index contributed by atoms with van der Waals surface area (Å²) in [6.07, 6.45) is 3.14. The molecule has 1 heterocycles.